The minimum Gasteiger partial charge on any atom is -0.445 e. The Bertz CT molecular complexity index is 1540. The van der Waals surface area contributed by atoms with Crippen LogP contribution in [0.5, 0.6) is 0 Å². The minimum absolute atomic E-state index is 0.107. The standard InChI is InChI=1S/C31H27FN4O4/c32-24-11-6-21(7-12-24)23-10-15-26(33)27(18-23)35-28(37)22-8-13-25(14-9-22)34-29(38)31(16-17-31)36-30(39)40-19-20-4-2-1-3-5-20/h1-15,18H,16-17,19,33H2,(H,34,38)(H,35,37)(H,36,39). The van der Waals surface area contributed by atoms with Gasteiger partial charge in [-0.25, -0.2) is 9.18 Å². The molecule has 5 N–H and O–H groups in total. The monoisotopic (exact) mass is 538 g/mol. The lowest BCUT2D eigenvalue weighted by molar-refractivity contribution is -0.119. The third kappa shape index (κ3) is 6.27. The molecule has 4 aromatic carbocycles. The highest BCUT2D eigenvalue weighted by Crippen LogP contribution is 2.37. The van der Waals surface area contributed by atoms with Crippen molar-refractivity contribution in [2.24, 2.45) is 0 Å². The minimum atomic E-state index is -1.02. The number of ether oxygens (including phenoxy) is 1. The molecule has 0 unspecified atom stereocenters. The van der Waals surface area contributed by atoms with Crippen LogP contribution in [0.2, 0.25) is 0 Å². The summed E-state index contributed by atoms with van der Waals surface area (Å²) >= 11 is 0. The van der Waals surface area contributed by atoms with Gasteiger partial charge in [-0.3, -0.25) is 9.59 Å². The topological polar surface area (TPSA) is 123 Å². The number of nitrogen functional groups attached to an aromatic ring is 1. The van der Waals surface area contributed by atoms with Crippen LogP contribution in [0, 0.1) is 5.82 Å². The summed E-state index contributed by atoms with van der Waals surface area (Å²) in [5, 5.41) is 8.26. The molecule has 0 heterocycles. The largest absolute Gasteiger partial charge is 0.445 e. The molecule has 0 bridgehead atoms. The van der Waals surface area contributed by atoms with Crippen molar-refractivity contribution in [1.29, 1.82) is 0 Å². The maximum atomic E-state index is 13.3. The predicted octanol–water partition coefficient (Wildman–Crippen LogP) is 5.72. The summed E-state index contributed by atoms with van der Waals surface area (Å²) in [5.41, 5.74) is 9.08. The first-order valence-corrected chi connectivity index (χ1v) is 12.7. The first-order valence-electron chi connectivity index (χ1n) is 12.7. The van der Waals surface area contributed by atoms with Crippen LogP contribution in [0.25, 0.3) is 11.1 Å². The van der Waals surface area contributed by atoms with E-state index < -0.39 is 11.6 Å². The Kier molecular flexibility index (Phi) is 7.46. The van der Waals surface area contributed by atoms with Gasteiger partial charge in [0, 0.05) is 11.3 Å². The van der Waals surface area contributed by atoms with Crippen LogP contribution >= 0.6 is 0 Å². The van der Waals surface area contributed by atoms with Gasteiger partial charge in [-0.1, -0.05) is 48.5 Å². The molecule has 0 aromatic heterocycles. The Labute approximate surface area is 230 Å². The molecule has 5 rings (SSSR count). The highest BCUT2D eigenvalue weighted by molar-refractivity contribution is 6.07. The van der Waals surface area contributed by atoms with E-state index in [1.165, 1.54) is 12.1 Å². The number of carbonyl (C=O) groups excluding carboxylic acids is 3. The van der Waals surface area contributed by atoms with Crippen LogP contribution in [0.15, 0.2) is 97.1 Å². The molecular formula is C31H27FN4O4. The van der Waals surface area contributed by atoms with E-state index in [1.54, 1.807) is 54.6 Å². The Morgan fingerprint density at radius 1 is 0.825 bits per heavy atom. The number of hydrogen-bond donors (Lipinski definition) is 4. The van der Waals surface area contributed by atoms with E-state index in [1.807, 2.05) is 30.3 Å². The number of nitrogens with two attached hydrogens (primary N) is 1. The molecule has 8 nitrogen and oxygen atoms in total. The van der Waals surface area contributed by atoms with Crippen molar-refractivity contribution in [2.45, 2.75) is 25.0 Å². The van der Waals surface area contributed by atoms with Gasteiger partial charge < -0.3 is 26.4 Å². The summed E-state index contributed by atoms with van der Waals surface area (Å²) in [6, 6.07) is 26.8. The summed E-state index contributed by atoms with van der Waals surface area (Å²) in [4.78, 5) is 38.0. The van der Waals surface area contributed by atoms with Gasteiger partial charge in [0.25, 0.3) is 5.91 Å². The van der Waals surface area contributed by atoms with Crippen molar-refractivity contribution in [1.82, 2.24) is 5.32 Å². The van der Waals surface area contributed by atoms with E-state index in [9.17, 15) is 18.8 Å². The van der Waals surface area contributed by atoms with Crippen molar-refractivity contribution in [3.05, 3.63) is 114 Å². The molecule has 0 atom stereocenters. The zero-order valence-corrected chi connectivity index (χ0v) is 21.4. The number of carbonyl (C=O) groups is 3. The first-order chi connectivity index (χ1) is 19.3. The van der Waals surface area contributed by atoms with Crippen molar-refractivity contribution in [2.75, 3.05) is 16.4 Å². The number of anilines is 3. The first kappa shape index (κ1) is 26.4. The quantitative estimate of drug-likeness (QED) is 0.214. The van der Waals surface area contributed by atoms with Crippen LogP contribution in [0.1, 0.15) is 28.8 Å². The molecule has 1 aliphatic carbocycles. The molecule has 1 aliphatic rings. The predicted molar refractivity (Wildman–Crippen MR) is 151 cm³/mol. The summed E-state index contributed by atoms with van der Waals surface area (Å²) in [6.45, 7) is 0.107. The van der Waals surface area contributed by atoms with E-state index in [0.717, 1.165) is 16.7 Å². The maximum Gasteiger partial charge on any atom is 0.408 e. The van der Waals surface area contributed by atoms with E-state index >= 15 is 0 Å². The van der Waals surface area contributed by atoms with Crippen LogP contribution < -0.4 is 21.7 Å². The third-order valence-corrected chi connectivity index (χ3v) is 6.62. The number of benzene rings is 4. The van der Waals surface area contributed by atoms with E-state index in [2.05, 4.69) is 16.0 Å². The van der Waals surface area contributed by atoms with Gasteiger partial charge in [0.05, 0.1) is 11.4 Å². The molecular weight excluding hydrogens is 511 g/mol. The van der Waals surface area contributed by atoms with Gasteiger partial charge in [0.15, 0.2) is 0 Å². The molecule has 1 fully saturated rings. The number of halogens is 1. The molecule has 0 spiro atoms. The molecule has 202 valence electrons. The second-order valence-electron chi connectivity index (χ2n) is 9.56. The second-order valence-corrected chi connectivity index (χ2v) is 9.56. The summed E-state index contributed by atoms with van der Waals surface area (Å²) in [7, 11) is 0. The number of hydrogen-bond acceptors (Lipinski definition) is 5. The van der Waals surface area contributed by atoms with Crippen LogP contribution in [0.3, 0.4) is 0 Å². The van der Waals surface area contributed by atoms with Gasteiger partial charge in [-0.2, -0.15) is 0 Å². The van der Waals surface area contributed by atoms with Crippen LogP contribution in [-0.4, -0.2) is 23.4 Å². The Morgan fingerprint density at radius 3 is 2.17 bits per heavy atom. The van der Waals surface area contributed by atoms with Crippen molar-refractivity contribution < 1.29 is 23.5 Å². The highest BCUT2D eigenvalue weighted by Gasteiger charge is 2.51. The third-order valence-electron chi connectivity index (χ3n) is 6.62. The Morgan fingerprint density at radius 2 is 1.50 bits per heavy atom. The Balaban J connectivity index is 1.17. The van der Waals surface area contributed by atoms with E-state index in [-0.39, 0.29) is 24.2 Å². The molecule has 9 heteroatoms. The van der Waals surface area contributed by atoms with Crippen molar-refractivity contribution in [3.63, 3.8) is 0 Å². The molecule has 3 amide bonds. The molecule has 40 heavy (non-hydrogen) atoms. The average Bonchev–Trinajstić information content (AvgIpc) is 3.75. The Hall–Kier alpha value is -5.18. The lowest BCUT2D eigenvalue weighted by Crippen LogP contribution is -2.46. The van der Waals surface area contributed by atoms with Gasteiger partial charge >= 0.3 is 6.09 Å². The molecule has 4 aromatic rings. The zero-order valence-electron chi connectivity index (χ0n) is 21.4. The van der Waals surface area contributed by atoms with Gasteiger partial charge in [-0.15, -0.1) is 0 Å². The van der Waals surface area contributed by atoms with Crippen LogP contribution in [-0.2, 0) is 16.1 Å². The van der Waals surface area contributed by atoms with Gasteiger partial charge in [-0.05, 0) is 78.1 Å². The number of nitrogens with one attached hydrogen (secondary N) is 3. The lowest BCUT2D eigenvalue weighted by atomic mass is 10.0. The number of alkyl carbamates (subject to hydrolysis) is 1. The second kappa shape index (κ2) is 11.3. The fourth-order valence-corrected chi connectivity index (χ4v) is 4.12. The van der Waals surface area contributed by atoms with Gasteiger partial charge in [0.2, 0.25) is 5.91 Å². The summed E-state index contributed by atoms with van der Waals surface area (Å²) in [6.07, 6.45) is 0.336. The number of amides is 3. The average molecular weight is 539 g/mol. The van der Waals surface area contributed by atoms with E-state index in [0.29, 0.717) is 35.5 Å². The fourth-order valence-electron chi connectivity index (χ4n) is 4.12. The number of rotatable bonds is 8. The zero-order chi connectivity index (χ0) is 28.1. The molecule has 0 saturated heterocycles. The van der Waals surface area contributed by atoms with E-state index in [4.69, 9.17) is 10.5 Å². The fraction of sp³-hybridized carbons (Fsp3) is 0.129. The maximum absolute atomic E-state index is 13.3. The van der Waals surface area contributed by atoms with Gasteiger partial charge in [0.1, 0.15) is 18.0 Å². The molecule has 1 saturated carbocycles. The summed E-state index contributed by atoms with van der Waals surface area (Å²) in [5.74, 6) is -1.08. The lowest BCUT2D eigenvalue weighted by Gasteiger charge is -2.17. The molecule has 0 aliphatic heterocycles. The van der Waals surface area contributed by atoms with Crippen LogP contribution in [0.4, 0.5) is 26.2 Å². The summed E-state index contributed by atoms with van der Waals surface area (Å²) < 4.78 is 18.5. The normalized spacial score (nSPS) is 13.1. The SMILES string of the molecule is Nc1ccc(-c2ccc(F)cc2)cc1NC(=O)c1ccc(NC(=O)C2(NC(=O)OCc3ccccc3)CC2)cc1. The smallest absolute Gasteiger partial charge is 0.408 e. The van der Waals surface area contributed by atoms with Crippen molar-refractivity contribution in [3.8, 4) is 11.1 Å². The van der Waals surface area contributed by atoms with Crippen molar-refractivity contribution >= 4 is 35.0 Å². The molecule has 0 radical (unpaired) electrons. The highest BCUT2D eigenvalue weighted by atomic mass is 19.1.